The van der Waals surface area contributed by atoms with E-state index in [1.165, 1.54) is 12.3 Å². The van der Waals surface area contributed by atoms with Crippen LogP contribution in [0.5, 0.6) is 0 Å². The second kappa shape index (κ2) is 12.5. The summed E-state index contributed by atoms with van der Waals surface area (Å²) < 4.78 is 23.7. The Balaban J connectivity index is 1.53. The average Bonchev–Trinajstić information content (AvgIpc) is 2.80. The Labute approximate surface area is 197 Å². The van der Waals surface area contributed by atoms with Crippen LogP contribution in [0, 0.1) is 11.7 Å². The molecule has 2 aliphatic rings. The zero-order valence-electron chi connectivity index (χ0n) is 19.4. The normalized spacial score (nSPS) is 27.4. The van der Waals surface area contributed by atoms with E-state index in [1.54, 1.807) is 24.1 Å². The minimum absolute atomic E-state index is 0.143. The highest BCUT2D eigenvalue weighted by atomic mass is 32.2. The van der Waals surface area contributed by atoms with Gasteiger partial charge in [-0.2, -0.15) is 0 Å². The Hall–Kier alpha value is -1.70. The van der Waals surface area contributed by atoms with E-state index in [2.05, 4.69) is 23.5 Å². The first kappa shape index (κ1) is 24.9. The zero-order valence-corrected chi connectivity index (χ0v) is 20.2. The molecule has 0 amide bonds. The van der Waals surface area contributed by atoms with Crippen LogP contribution in [0.15, 0.2) is 48.4 Å². The van der Waals surface area contributed by atoms with Crippen molar-refractivity contribution in [1.82, 2.24) is 9.62 Å². The number of piperidine rings is 1. The molecule has 3 rings (SSSR count). The number of nitrogens with two attached hydrogens (primary N) is 2. The van der Waals surface area contributed by atoms with Crippen molar-refractivity contribution in [2.24, 2.45) is 17.4 Å². The Morgan fingerprint density at radius 2 is 2.06 bits per heavy atom. The topological polar surface area (TPSA) is 76.5 Å². The van der Waals surface area contributed by atoms with Gasteiger partial charge < -0.3 is 21.1 Å². The van der Waals surface area contributed by atoms with Gasteiger partial charge in [0.2, 0.25) is 0 Å². The van der Waals surface area contributed by atoms with E-state index in [4.69, 9.17) is 16.2 Å². The largest absolute Gasteiger partial charge is 0.405 e. The first-order valence-corrected chi connectivity index (χ1v) is 12.7. The molecule has 1 aliphatic heterocycles. The molecule has 178 valence electrons. The van der Waals surface area contributed by atoms with E-state index >= 15 is 0 Å². The van der Waals surface area contributed by atoms with E-state index in [9.17, 15) is 4.39 Å². The van der Waals surface area contributed by atoms with Crippen molar-refractivity contribution in [3.8, 4) is 0 Å². The Kier molecular flexibility index (Phi) is 9.75. The number of nitrogens with one attached hydrogen (secondary N) is 1. The molecule has 1 aromatic carbocycles. The summed E-state index contributed by atoms with van der Waals surface area (Å²) in [6.07, 6.45) is 10.6. The van der Waals surface area contributed by atoms with Crippen LogP contribution in [-0.4, -0.2) is 42.0 Å². The monoisotopic (exact) mass is 462 g/mol. The van der Waals surface area contributed by atoms with Crippen molar-refractivity contribution in [1.29, 1.82) is 0 Å². The molecule has 1 heterocycles. The van der Waals surface area contributed by atoms with Gasteiger partial charge in [0.25, 0.3) is 0 Å². The summed E-state index contributed by atoms with van der Waals surface area (Å²) in [5.74, 6) is 1.41. The maximum absolute atomic E-state index is 13.6. The van der Waals surface area contributed by atoms with Gasteiger partial charge in [-0.15, -0.1) is 0 Å². The second-order valence-corrected chi connectivity index (χ2v) is 10.6. The number of benzene rings is 1. The van der Waals surface area contributed by atoms with Crippen LogP contribution in [0.4, 0.5) is 4.39 Å². The van der Waals surface area contributed by atoms with Crippen LogP contribution in [0.1, 0.15) is 57.4 Å². The van der Waals surface area contributed by atoms with Crippen molar-refractivity contribution in [3.05, 3.63) is 59.8 Å². The average molecular weight is 463 g/mol. The van der Waals surface area contributed by atoms with Crippen LogP contribution in [0.2, 0.25) is 0 Å². The number of likely N-dealkylation sites (tertiary alicyclic amines) is 1. The van der Waals surface area contributed by atoms with Gasteiger partial charge in [-0.05, 0) is 74.1 Å². The third-order valence-corrected chi connectivity index (χ3v) is 7.38. The number of hydrogen-bond acceptors (Lipinski definition) is 6. The zero-order chi connectivity index (χ0) is 22.9. The third-order valence-electron chi connectivity index (χ3n) is 6.47. The van der Waals surface area contributed by atoms with Crippen molar-refractivity contribution in [2.75, 3.05) is 19.7 Å². The quantitative estimate of drug-likeness (QED) is 0.371. The lowest BCUT2D eigenvalue weighted by Gasteiger charge is -2.41. The molecule has 0 bridgehead atoms. The Morgan fingerprint density at radius 3 is 2.75 bits per heavy atom. The van der Waals surface area contributed by atoms with Gasteiger partial charge in [0, 0.05) is 30.3 Å². The first-order valence-electron chi connectivity index (χ1n) is 11.8. The highest BCUT2D eigenvalue weighted by Crippen LogP contribution is 2.35. The molecule has 0 spiro atoms. The smallest absolute Gasteiger partial charge is 0.123 e. The van der Waals surface area contributed by atoms with Gasteiger partial charge in [0.05, 0.1) is 18.5 Å². The highest BCUT2D eigenvalue weighted by Gasteiger charge is 2.31. The lowest BCUT2D eigenvalue weighted by Crippen LogP contribution is -2.50. The van der Waals surface area contributed by atoms with E-state index in [0.29, 0.717) is 23.1 Å². The first-order chi connectivity index (χ1) is 15.5. The maximum Gasteiger partial charge on any atom is 0.123 e. The molecule has 2 atom stereocenters. The second-order valence-electron chi connectivity index (χ2n) is 9.22. The lowest BCUT2D eigenvalue weighted by molar-refractivity contribution is -0.0134. The molecule has 5 nitrogen and oxygen atoms in total. The number of halogens is 1. The number of hydrogen-bond donors (Lipinski definition) is 3. The molecule has 32 heavy (non-hydrogen) atoms. The van der Waals surface area contributed by atoms with Crippen LogP contribution < -0.4 is 16.2 Å². The van der Waals surface area contributed by atoms with Crippen LogP contribution >= 0.6 is 11.9 Å². The van der Waals surface area contributed by atoms with Crippen LogP contribution in [0.3, 0.4) is 0 Å². The fourth-order valence-electron chi connectivity index (χ4n) is 4.66. The number of ether oxygens (including phenoxy) is 1. The van der Waals surface area contributed by atoms with Crippen molar-refractivity contribution in [2.45, 2.75) is 69.3 Å². The van der Waals surface area contributed by atoms with E-state index in [1.807, 2.05) is 18.2 Å². The summed E-state index contributed by atoms with van der Waals surface area (Å²) in [5.41, 5.74) is 12.8. The summed E-state index contributed by atoms with van der Waals surface area (Å²) in [4.78, 5) is 2.23. The molecule has 1 aromatic rings. The van der Waals surface area contributed by atoms with E-state index in [0.717, 1.165) is 63.2 Å². The Morgan fingerprint density at radius 1 is 1.28 bits per heavy atom. The predicted octanol–water partition coefficient (Wildman–Crippen LogP) is 4.48. The summed E-state index contributed by atoms with van der Waals surface area (Å²) in [7, 11) is 0. The highest BCUT2D eigenvalue weighted by molar-refractivity contribution is 7.98. The molecule has 2 unspecified atom stereocenters. The van der Waals surface area contributed by atoms with Crippen LogP contribution in [-0.2, 0) is 4.74 Å². The molecule has 0 aromatic heterocycles. The molecule has 1 saturated heterocycles. The fourth-order valence-corrected chi connectivity index (χ4v) is 5.41. The third kappa shape index (κ3) is 7.42. The fraction of sp³-hybridized carbons (Fsp3) is 0.600. The summed E-state index contributed by atoms with van der Waals surface area (Å²) in [5, 5.41) is 0.535. The molecule has 1 saturated carbocycles. The van der Waals surface area contributed by atoms with Gasteiger partial charge in [0.15, 0.2) is 0 Å². The van der Waals surface area contributed by atoms with Crippen LogP contribution in [0.25, 0.3) is 0 Å². The minimum Gasteiger partial charge on any atom is -0.405 e. The molecule has 1 aliphatic carbocycles. The predicted molar refractivity (Wildman–Crippen MR) is 132 cm³/mol. The summed E-state index contributed by atoms with van der Waals surface area (Å²) in [6, 6.07) is 7.46. The number of rotatable bonds is 9. The summed E-state index contributed by atoms with van der Waals surface area (Å²) >= 11 is 1.80. The molecule has 7 heteroatoms. The van der Waals surface area contributed by atoms with E-state index < -0.39 is 0 Å². The number of allylic oxidation sites excluding steroid dienone is 2. The van der Waals surface area contributed by atoms with Gasteiger partial charge >= 0.3 is 0 Å². The van der Waals surface area contributed by atoms with E-state index in [-0.39, 0.29) is 11.9 Å². The van der Waals surface area contributed by atoms with Crippen molar-refractivity contribution in [3.63, 3.8) is 0 Å². The molecular formula is C25H39FN4OS. The molecular weight excluding hydrogens is 423 g/mol. The molecule has 2 fully saturated rings. The van der Waals surface area contributed by atoms with Gasteiger partial charge in [0.1, 0.15) is 5.82 Å². The molecule has 0 radical (unpaired) electrons. The van der Waals surface area contributed by atoms with Gasteiger partial charge in [-0.1, -0.05) is 37.9 Å². The van der Waals surface area contributed by atoms with Crippen molar-refractivity contribution >= 4 is 11.9 Å². The summed E-state index contributed by atoms with van der Waals surface area (Å²) in [6.45, 7) is 6.93. The van der Waals surface area contributed by atoms with Gasteiger partial charge in [-0.25, -0.2) is 4.39 Å². The lowest BCUT2D eigenvalue weighted by atomic mass is 9.82. The number of nitrogens with zero attached hydrogens (tertiary/aromatic N) is 1. The Bertz CT molecular complexity index is 764. The van der Waals surface area contributed by atoms with Crippen molar-refractivity contribution < 1.29 is 9.13 Å². The standard InChI is InChI=1S/C25H39FN4OS/c1-18(2)32-29-24-12-14-30(25(28)7-4-13-27)16-21(24)17-31-23-10-8-19(9-11-23)20-5-3-6-22(26)15-20/h3-7,13,15,18-19,21,23-24,29H,8-12,14,16-17,27-28H2,1-2H3/b13-4-,25-7+/t19-,21?,23+,24?. The SMILES string of the molecule is CC(C)SNC1CCN(/C(N)=C/C=C\N)CC1CO[C@H]1CC[C@@H](c2cccc(F)c2)CC1. The minimum atomic E-state index is -0.143. The molecule has 5 N–H and O–H groups in total. The maximum atomic E-state index is 13.6. The van der Waals surface area contributed by atoms with Gasteiger partial charge in [-0.3, -0.25) is 4.72 Å².